The number of halogens is 1. The zero-order valence-corrected chi connectivity index (χ0v) is 11.3. The van der Waals surface area contributed by atoms with Crippen molar-refractivity contribution >= 4 is 23.2 Å². The van der Waals surface area contributed by atoms with Crippen LogP contribution in [-0.4, -0.2) is 24.0 Å². The second-order valence-electron chi connectivity index (χ2n) is 3.86. The molecule has 0 aliphatic carbocycles. The summed E-state index contributed by atoms with van der Waals surface area (Å²) in [7, 11) is 0. The average Bonchev–Trinajstić information content (AvgIpc) is 2.36. The summed E-state index contributed by atoms with van der Waals surface area (Å²) in [4.78, 5) is 21.6. The van der Waals surface area contributed by atoms with Crippen LogP contribution in [0.25, 0.3) is 0 Å². The lowest BCUT2D eigenvalue weighted by molar-refractivity contribution is -0.385. The zero-order chi connectivity index (χ0) is 14.3. The third kappa shape index (κ3) is 5.13. The van der Waals surface area contributed by atoms with Crippen LogP contribution in [0.3, 0.4) is 0 Å². The molecule has 0 saturated carbocycles. The Balaban J connectivity index is 2.59. The number of rotatable bonds is 7. The van der Waals surface area contributed by atoms with E-state index < -0.39 is 4.92 Å². The van der Waals surface area contributed by atoms with Gasteiger partial charge in [-0.05, 0) is 12.5 Å². The number of carbonyl (C=O) groups is 1. The summed E-state index contributed by atoms with van der Waals surface area (Å²) in [6.45, 7) is 2.30. The predicted octanol–water partition coefficient (Wildman–Crippen LogP) is 2.54. The number of ether oxygens (including phenoxy) is 1. The maximum absolute atomic E-state index is 11.4. The Morgan fingerprint density at radius 3 is 2.89 bits per heavy atom. The van der Waals surface area contributed by atoms with Crippen molar-refractivity contribution in [1.82, 2.24) is 5.32 Å². The SMILES string of the molecule is CCCCNC(=O)COc1cc(Cl)ccc1[N+](=O)[O-]. The van der Waals surface area contributed by atoms with Crippen LogP contribution in [0.15, 0.2) is 18.2 Å². The number of carbonyl (C=O) groups excluding carboxylic acids is 1. The van der Waals surface area contributed by atoms with Crippen LogP contribution in [0.1, 0.15) is 19.8 Å². The zero-order valence-electron chi connectivity index (χ0n) is 10.5. The van der Waals surface area contributed by atoms with Gasteiger partial charge in [0.05, 0.1) is 4.92 Å². The molecule has 0 spiro atoms. The summed E-state index contributed by atoms with van der Waals surface area (Å²) in [5.41, 5.74) is -0.217. The minimum atomic E-state index is -0.583. The first kappa shape index (κ1) is 15.2. The molecule has 0 atom stereocenters. The topological polar surface area (TPSA) is 81.5 Å². The molecule has 0 aliphatic heterocycles. The minimum Gasteiger partial charge on any atom is -0.477 e. The van der Waals surface area contributed by atoms with Crippen LogP contribution in [-0.2, 0) is 4.79 Å². The number of nitro groups is 1. The first-order valence-corrected chi connectivity index (χ1v) is 6.25. The summed E-state index contributed by atoms with van der Waals surface area (Å²) >= 11 is 5.74. The molecular weight excluding hydrogens is 272 g/mol. The number of hydrogen-bond donors (Lipinski definition) is 1. The monoisotopic (exact) mass is 286 g/mol. The van der Waals surface area contributed by atoms with Gasteiger partial charge in [0.1, 0.15) is 0 Å². The van der Waals surface area contributed by atoms with E-state index in [2.05, 4.69) is 5.32 Å². The summed E-state index contributed by atoms with van der Waals surface area (Å²) in [5.74, 6) is -0.328. The molecule has 0 fully saturated rings. The summed E-state index contributed by atoms with van der Waals surface area (Å²) in [5, 5.41) is 13.7. The van der Waals surface area contributed by atoms with Gasteiger partial charge in [-0.15, -0.1) is 0 Å². The standard InChI is InChI=1S/C12H15ClN2O4/c1-2-3-6-14-12(16)8-19-11-7-9(13)4-5-10(11)15(17)18/h4-5,7H,2-3,6,8H2,1H3,(H,14,16). The summed E-state index contributed by atoms with van der Waals surface area (Å²) in [6, 6.07) is 3.96. The number of nitrogens with one attached hydrogen (secondary N) is 1. The summed E-state index contributed by atoms with van der Waals surface area (Å²) < 4.78 is 5.13. The Morgan fingerprint density at radius 2 is 2.26 bits per heavy atom. The van der Waals surface area contributed by atoms with Crippen LogP contribution in [0, 0.1) is 10.1 Å². The molecule has 0 radical (unpaired) electrons. The fourth-order valence-electron chi connectivity index (χ4n) is 1.35. The smallest absolute Gasteiger partial charge is 0.311 e. The second kappa shape index (κ2) is 7.58. The second-order valence-corrected chi connectivity index (χ2v) is 4.30. The Morgan fingerprint density at radius 1 is 1.53 bits per heavy atom. The molecule has 7 heteroatoms. The molecule has 0 saturated heterocycles. The van der Waals surface area contributed by atoms with Crippen LogP contribution < -0.4 is 10.1 Å². The van der Waals surface area contributed by atoms with E-state index in [1.54, 1.807) is 0 Å². The lowest BCUT2D eigenvalue weighted by Crippen LogP contribution is -2.29. The molecule has 0 aliphatic rings. The van der Waals surface area contributed by atoms with Gasteiger partial charge >= 0.3 is 5.69 Å². The van der Waals surface area contributed by atoms with Gasteiger partial charge in [0.25, 0.3) is 5.91 Å². The predicted molar refractivity (Wildman–Crippen MR) is 71.5 cm³/mol. The Labute approximate surface area is 115 Å². The van der Waals surface area contributed by atoms with Crippen LogP contribution >= 0.6 is 11.6 Å². The molecule has 19 heavy (non-hydrogen) atoms. The quantitative estimate of drug-likeness (QED) is 0.474. The fraction of sp³-hybridized carbons (Fsp3) is 0.417. The molecule has 6 nitrogen and oxygen atoms in total. The fourth-order valence-corrected chi connectivity index (χ4v) is 1.52. The highest BCUT2D eigenvalue weighted by Crippen LogP contribution is 2.29. The van der Waals surface area contributed by atoms with E-state index in [0.717, 1.165) is 12.8 Å². The molecule has 0 aromatic heterocycles. The van der Waals surface area contributed by atoms with Gasteiger partial charge in [-0.2, -0.15) is 0 Å². The molecule has 0 unspecified atom stereocenters. The van der Waals surface area contributed by atoms with Gasteiger partial charge in [-0.1, -0.05) is 24.9 Å². The Bertz CT molecular complexity index is 465. The van der Waals surface area contributed by atoms with Crippen LogP contribution in [0.5, 0.6) is 5.75 Å². The van der Waals surface area contributed by atoms with Gasteiger partial charge < -0.3 is 10.1 Å². The molecule has 1 rings (SSSR count). The number of unbranched alkanes of at least 4 members (excludes halogenated alkanes) is 1. The molecule has 1 aromatic rings. The number of hydrogen-bond acceptors (Lipinski definition) is 4. The Kier molecular flexibility index (Phi) is 6.08. The van der Waals surface area contributed by atoms with E-state index >= 15 is 0 Å². The number of nitro benzene ring substituents is 1. The van der Waals surface area contributed by atoms with Crippen molar-refractivity contribution in [3.8, 4) is 5.75 Å². The van der Waals surface area contributed by atoms with E-state index in [4.69, 9.17) is 16.3 Å². The Hall–Kier alpha value is -1.82. The lowest BCUT2D eigenvalue weighted by Gasteiger charge is -2.07. The molecule has 1 amide bonds. The highest BCUT2D eigenvalue weighted by Gasteiger charge is 2.16. The number of nitrogens with zero attached hydrogens (tertiary/aromatic N) is 1. The summed E-state index contributed by atoms with van der Waals surface area (Å²) in [6.07, 6.45) is 1.85. The molecule has 0 bridgehead atoms. The maximum atomic E-state index is 11.4. The van der Waals surface area contributed by atoms with Gasteiger partial charge in [0.2, 0.25) is 0 Å². The number of benzene rings is 1. The largest absolute Gasteiger partial charge is 0.477 e. The van der Waals surface area contributed by atoms with Crippen molar-refractivity contribution in [2.75, 3.05) is 13.2 Å². The van der Waals surface area contributed by atoms with E-state index in [1.165, 1.54) is 18.2 Å². The first-order chi connectivity index (χ1) is 9.04. The van der Waals surface area contributed by atoms with Gasteiger partial charge in [-0.3, -0.25) is 14.9 Å². The van der Waals surface area contributed by atoms with Crippen LogP contribution in [0.4, 0.5) is 5.69 Å². The van der Waals surface area contributed by atoms with Gasteiger partial charge in [0, 0.05) is 23.7 Å². The van der Waals surface area contributed by atoms with Gasteiger partial charge in [-0.25, -0.2) is 0 Å². The number of amides is 1. The van der Waals surface area contributed by atoms with Crippen molar-refractivity contribution < 1.29 is 14.5 Å². The highest BCUT2D eigenvalue weighted by molar-refractivity contribution is 6.30. The third-order valence-corrected chi connectivity index (χ3v) is 2.56. The molecule has 0 heterocycles. The maximum Gasteiger partial charge on any atom is 0.311 e. The molecule has 1 aromatic carbocycles. The van der Waals surface area contributed by atoms with E-state index in [1.807, 2.05) is 6.92 Å². The van der Waals surface area contributed by atoms with E-state index in [0.29, 0.717) is 11.6 Å². The lowest BCUT2D eigenvalue weighted by atomic mass is 10.3. The minimum absolute atomic E-state index is 0.0110. The van der Waals surface area contributed by atoms with Gasteiger partial charge in [0.15, 0.2) is 12.4 Å². The third-order valence-electron chi connectivity index (χ3n) is 2.33. The highest BCUT2D eigenvalue weighted by atomic mass is 35.5. The van der Waals surface area contributed by atoms with Crippen molar-refractivity contribution in [1.29, 1.82) is 0 Å². The van der Waals surface area contributed by atoms with Crippen molar-refractivity contribution in [2.45, 2.75) is 19.8 Å². The first-order valence-electron chi connectivity index (χ1n) is 5.88. The molecule has 1 N–H and O–H groups in total. The normalized spacial score (nSPS) is 10.0. The van der Waals surface area contributed by atoms with E-state index in [-0.39, 0.29) is 24.0 Å². The van der Waals surface area contributed by atoms with Crippen molar-refractivity contribution in [3.05, 3.63) is 33.3 Å². The van der Waals surface area contributed by atoms with Crippen LogP contribution in [0.2, 0.25) is 5.02 Å². The molecule has 104 valence electrons. The average molecular weight is 287 g/mol. The molecular formula is C12H15ClN2O4. The van der Waals surface area contributed by atoms with Crippen molar-refractivity contribution in [2.24, 2.45) is 0 Å². The van der Waals surface area contributed by atoms with E-state index in [9.17, 15) is 14.9 Å². The van der Waals surface area contributed by atoms with Crippen molar-refractivity contribution in [3.63, 3.8) is 0 Å².